The molecule has 0 radical (unpaired) electrons. The third-order valence-corrected chi connectivity index (χ3v) is 2.24. The summed E-state index contributed by atoms with van der Waals surface area (Å²) in [6.45, 7) is 1.84. The topological polar surface area (TPSA) is 87.1 Å². The number of aromatic nitrogens is 3. The van der Waals surface area contributed by atoms with Gasteiger partial charge in [-0.1, -0.05) is 5.16 Å². The zero-order valence-electron chi connectivity index (χ0n) is 9.04. The third kappa shape index (κ3) is 1.87. The maximum atomic E-state index is 5.75. The van der Waals surface area contributed by atoms with Crippen LogP contribution >= 0.6 is 0 Å². The van der Waals surface area contributed by atoms with Crippen LogP contribution in [0.3, 0.4) is 0 Å². The summed E-state index contributed by atoms with van der Waals surface area (Å²) in [5.74, 6) is 0.868. The summed E-state index contributed by atoms with van der Waals surface area (Å²) in [5, 5.41) is 3.82. The molecule has 2 aromatic heterocycles. The molecule has 1 atom stereocenters. The molecule has 2 N–H and O–H groups in total. The molecule has 6 nitrogen and oxygen atoms in total. The van der Waals surface area contributed by atoms with Gasteiger partial charge in [0.1, 0.15) is 6.10 Å². The van der Waals surface area contributed by atoms with Gasteiger partial charge in [0.15, 0.2) is 0 Å². The Morgan fingerprint density at radius 1 is 1.50 bits per heavy atom. The Hall–Kier alpha value is -1.95. The Bertz CT molecular complexity index is 483. The first-order valence-corrected chi connectivity index (χ1v) is 4.78. The highest BCUT2D eigenvalue weighted by molar-refractivity contribution is 5.68. The van der Waals surface area contributed by atoms with Crippen molar-refractivity contribution in [1.82, 2.24) is 15.1 Å². The van der Waals surface area contributed by atoms with E-state index in [0.717, 1.165) is 0 Å². The fourth-order valence-electron chi connectivity index (χ4n) is 1.22. The largest absolute Gasteiger partial charge is 0.397 e. The van der Waals surface area contributed by atoms with E-state index in [1.807, 2.05) is 6.92 Å². The molecular weight excluding hydrogens is 208 g/mol. The maximum absolute atomic E-state index is 5.75. The number of hydrogen-bond donors (Lipinski definition) is 1. The number of hydrogen-bond acceptors (Lipinski definition) is 6. The van der Waals surface area contributed by atoms with Gasteiger partial charge < -0.3 is 15.0 Å². The van der Waals surface area contributed by atoms with Crippen molar-refractivity contribution in [2.75, 3.05) is 12.8 Å². The molecule has 0 saturated heterocycles. The lowest BCUT2D eigenvalue weighted by Crippen LogP contribution is -1.98. The van der Waals surface area contributed by atoms with Crippen molar-refractivity contribution >= 4 is 5.69 Å². The van der Waals surface area contributed by atoms with Gasteiger partial charge in [-0.25, -0.2) is 0 Å². The van der Waals surface area contributed by atoms with Gasteiger partial charge in [0.2, 0.25) is 5.82 Å². The van der Waals surface area contributed by atoms with Crippen LogP contribution in [0.25, 0.3) is 11.5 Å². The molecule has 2 rings (SSSR count). The van der Waals surface area contributed by atoms with Crippen molar-refractivity contribution in [3.63, 3.8) is 0 Å². The van der Waals surface area contributed by atoms with Crippen molar-refractivity contribution in [1.29, 1.82) is 0 Å². The number of methoxy groups -OCH3 is 1. The van der Waals surface area contributed by atoms with Crippen LogP contribution in [-0.2, 0) is 4.74 Å². The van der Waals surface area contributed by atoms with Gasteiger partial charge in [0.05, 0.1) is 17.4 Å². The van der Waals surface area contributed by atoms with Gasteiger partial charge in [-0.3, -0.25) is 4.98 Å². The molecule has 0 fully saturated rings. The second-order valence-electron chi connectivity index (χ2n) is 3.30. The predicted octanol–water partition coefficient (Wildman–Crippen LogP) is 1.42. The molecule has 0 aliphatic heterocycles. The first kappa shape index (κ1) is 10.6. The standard InChI is InChI=1S/C10H12N4O2/c1-6(15-2)9-13-10(16-14-9)7-3-4-12-5-8(7)11/h3-6H,11H2,1-2H3. The lowest BCUT2D eigenvalue weighted by Gasteiger charge is -2.01. The molecule has 16 heavy (non-hydrogen) atoms. The zero-order valence-corrected chi connectivity index (χ0v) is 9.04. The molecule has 0 saturated carbocycles. The van der Waals surface area contributed by atoms with Crippen LogP contribution < -0.4 is 5.73 Å². The lowest BCUT2D eigenvalue weighted by molar-refractivity contribution is 0.109. The summed E-state index contributed by atoms with van der Waals surface area (Å²) in [4.78, 5) is 8.09. The summed E-state index contributed by atoms with van der Waals surface area (Å²) < 4.78 is 10.2. The van der Waals surface area contributed by atoms with E-state index in [1.54, 1.807) is 25.6 Å². The zero-order chi connectivity index (χ0) is 11.5. The van der Waals surface area contributed by atoms with E-state index in [4.69, 9.17) is 15.0 Å². The third-order valence-electron chi connectivity index (χ3n) is 2.24. The summed E-state index contributed by atoms with van der Waals surface area (Å²) >= 11 is 0. The monoisotopic (exact) mass is 220 g/mol. The van der Waals surface area contributed by atoms with Gasteiger partial charge in [0, 0.05) is 13.3 Å². The second kappa shape index (κ2) is 4.28. The first-order valence-electron chi connectivity index (χ1n) is 4.78. The number of pyridine rings is 1. The number of ether oxygens (including phenoxy) is 1. The summed E-state index contributed by atoms with van der Waals surface area (Å²) in [5.41, 5.74) is 6.93. The Morgan fingerprint density at radius 3 is 3.00 bits per heavy atom. The van der Waals surface area contributed by atoms with Crippen LogP contribution in [0.1, 0.15) is 18.9 Å². The molecule has 0 bridgehead atoms. The van der Waals surface area contributed by atoms with Crippen molar-refractivity contribution in [2.24, 2.45) is 0 Å². The van der Waals surface area contributed by atoms with E-state index in [9.17, 15) is 0 Å². The Kier molecular flexibility index (Phi) is 2.82. The molecule has 2 heterocycles. The minimum Gasteiger partial charge on any atom is -0.397 e. The molecule has 84 valence electrons. The van der Waals surface area contributed by atoms with Crippen LogP contribution in [-0.4, -0.2) is 22.2 Å². The SMILES string of the molecule is COC(C)c1noc(-c2ccncc2N)n1. The van der Waals surface area contributed by atoms with Gasteiger partial charge in [-0.05, 0) is 13.0 Å². The Balaban J connectivity index is 2.35. The van der Waals surface area contributed by atoms with Crippen LogP contribution in [0.2, 0.25) is 0 Å². The molecule has 1 unspecified atom stereocenters. The number of rotatable bonds is 3. The van der Waals surface area contributed by atoms with E-state index in [0.29, 0.717) is 23.0 Å². The Morgan fingerprint density at radius 2 is 2.31 bits per heavy atom. The highest BCUT2D eigenvalue weighted by atomic mass is 16.5. The average molecular weight is 220 g/mol. The quantitative estimate of drug-likeness (QED) is 0.841. The van der Waals surface area contributed by atoms with E-state index in [1.165, 1.54) is 0 Å². The van der Waals surface area contributed by atoms with Gasteiger partial charge in [0.25, 0.3) is 5.89 Å². The average Bonchev–Trinajstić information content (AvgIpc) is 2.78. The van der Waals surface area contributed by atoms with E-state index >= 15 is 0 Å². The van der Waals surface area contributed by atoms with E-state index in [2.05, 4.69) is 15.1 Å². The second-order valence-corrected chi connectivity index (χ2v) is 3.30. The van der Waals surface area contributed by atoms with E-state index < -0.39 is 0 Å². The van der Waals surface area contributed by atoms with Crippen LogP contribution in [0.4, 0.5) is 5.69 Å². The van der Waals surface area contributed by atoms with Crippen molar-refractivity contribution < 1.29 is 9.26 Å². The van der Waals surface area contributed by atoms with Crippen LogP contribution in [0, 0.1) is 0 Å². The van der Waals surface area contributed by atoms with E-state index in [-0.39, 0.29) is 6.10 Å². The minimum atomic E-state index is -0.208. The molecule has 0 aliphatic carbocycles. The Labute approximate surface area is 92.4 Å². The number of nitrogen functional groups attached to an aromatic ring is 1. The van der Waals surface area contributed by atoms with Crippen LogP contribution in [0.15, 0.2) is 23.0 Å². The van der Waals surface area contributed by atoms with Crippen molar-refractivity contribution in [3.8, 4) is 11.5 Å². The normalized spacial score (nSPS) is 12.6. The van der Waals surface area contributed by atoms with Crippen molar-refractivity contribution in [3.05, 3.63) is 24.3 Å². The lowest BCUT2D eigenvalue weighted by atomic mass is 10.2. The number of nitrogens with zero attached hydrogens (tertiary/aromatic N) is 3. The fourth-order valence-corrected chi connectivity index (χ4v) is 1.22. The minimum absolute atomic E-state index is 0.208. The molecule has 2 aromatic rings. The highest BCUT2D eigenvalue weighted by Gasteiger charge is 2.15. The molecular formula is C10H12N4O2. The molecule has 0 amide bonds. The van der Waals surface area contributed by atoms with Crippen LogP contribution in [0.5, 0.6) is 0 Å². The molecule has 6 heteroatoms. The number of anilines is 1. The maximum Gasteiger partial charge on any atom is 0.260 e. The number of nitrogens with two attached hydrogens (primary N) is 1. The molecule has 0 spiro atoms. The van der Waals surface area contributed by atoms with Gasteiger partial charge in [-0.15, -0.1) is 0 Å². The predicted molar refractivity (Wildman–Crippen MR) is 57.4 cm³/mol. The molecule has 0 aliphatic rings. The fraction of sp³-hybridized carbons (Fsp3) is 0.300. The van der Waals surface area contributed by atoms with Gasteiger partial charge >= 0.3 is 0 Å². The highest BCUT2D eigenvalue weighted by Crippen LogP contribution is 2.24. The molecule has 0 aromatic carbocycles. The van der Waals surface area contributed by atoms with Crippen molar-refractivity contribution in [2.45, 2.75) is 13.0 Å². The smallest absolute Gasteiger partial charge is 0.260 e. The summed E-state index contributed by atoms with van der Waals surface area (Å²) in [6, 6.07) is 1.73. The summed E-state index contributed by atoms with van der Waals surface area (Å²) in [7, 11) is 1.58. The first-order chi connectivity index (χ1) is 7.72. The summed E-state index contributed by atoms with van der Waals surface area (Å²) in [6.07, 6.45) is 2.95. The van der Waals surface area contributed by atoms with Gasteiger partial charge in [-0.2, -0.15) is 4.98 Å².